The van der Waals surface area contributed by atoms with Crippen molar-refractivity contribution >= 4 is 50.8 Å². The third-order valence-electron chi connectivity index (χ3n) is 1.46. The van der Waals surface area contributed by atoms with E-state index in [2.05, 4.69) is 55.1 Å². The van der Waals surface area contributed by atoms with E-state index in [4.69, 9.17) is 0 Å². The fourth-order valence-corrected chi connectivity index (χ4v) is 2.07. The summed E-state index contributed by atoms with van der Waals surface area (Å²) >= 11 is 4.20. The van der Waals surface area contributed by atoms with Gasteiger partial charge in [-0.3, -0.25) is 0 Å². The first-order chi connectivity index (χ1) is 5.70. The lowest BCUT2D eigenvalue weighted by atomic mass is 10.6. The molecular weight excluding hydrogens is 384 g/mol. The standard InChI is InChI=1S/C6H3I2N3O/c7-3-1-10-6(12)11-4(8)2-9-5(3)11/h1-2H,(H,10,12). The molecule has 0 aliphatic heterocycles. The average Bonchev–Trinajstić information content (AvgIpc) is 2.42. The van der Waals surface area contributed by atoms with Crippen molar-refractivity contribution in [1.82, 2.24) is 14.4 Å². The van der Waals surface area contributed by atoms with Crippen LogP contribution in [0.3, 0.4) is 0 Å². The second kappa shape index (κ2) is 2.98. The maximum Gasteiger partial charge on any atom is 0.332 e. The molecule has 0 spiro atoms. The molecule has 0 aromatic carbocycles. The average molecular weight is 387 g/mol. The predicted molar refractivity (Wildman–Crippen MR) is 61.2 cm³/mol. The molecule has 0 aliphatic carbocycles. The van der Waals surface area contributed by atoms with Gasteiger partial charge in [0.2, 0.25) is 0 Å². The molecule has 1 N–H and O–H groups in total. The highest BCUT2D eigenvalue weighted by Gasteiger charge is 2.05. The summed E-state index contributed by atoms with van der Waals surface area (Å²) in [4.78, 5) is 18.0. The largest absolute Gasteiger partial charge is 0.332 e. The number of hydrogen-bond donors (Lipinski definition) is 1. The first kappa shape index (κ1) is 8.48. The highest BCUT2D eigenvalue weighted by atomic mass is 127. The van der Waals surface area contributed by atoms with Gasteiger partial charge in [0.05, 0.1) is 9.77 Å². The Balaban J connectivity index is 3.09. The quantitative estimate of drug-likeness (QED) is 0.692. The second-order valence-corrected chi connectivity index (χ2v) is 4.45. The smallest absolute Gasteiger partial charge is 0.313 e. The van der Waals surface area contributed by atoms with Crippen LogP contribution < -0.4 is 5.69 Å². The Morgan fingerprint density at radius 3 is 2.92 bits per heavy atom. The van der Waals surface area contributed by atoms with Gasteiger partial charge in [-0.15, -0.1) is 0 Å². The molecule has 2 rings (SSSR count). The third-order valence-corrected chi connectivity index (χ3v) is 3.01. The number of fused-ring (bicyclic) bond motifs is 1. The van der Waals surface area contributed by atoms with Crippen LogP contribution >= 0.6 is 45.2 Å². The number of aromatic amines is 1. The van der Waals surface area contributed by atoms with Crippen molar-refractivity contribution in [2.75, 3.05) is 0 Å². The summed E-state index contributed by atoms with van der Waals surface area (Å²) in [6.07, 6.45) is 3.33. The maximum atomic E-state index is 11.3. The van der Waals surface area contributed by atoms with Crippen LogP contribution in [0.5, 0.6) is 0 Å². The molecule has 4 nitrogen and oxygen atoms in total. The lowest BCUT2D eigenvalue weighted by Gasteiger charge is -1.94. The van der Waals surface area contributed by atoms with Gasteiger partial charge in [-0.1, -0.05) is 0 Å². The van der Waals surface area contributed by atoms with Gasteiger partial charge >= 0.3 is 5.69 Å². The van der Waals surface area contributed by atoms with Gasteiger partial charge in [0.25, 0.3) is 0 Å². The fourth-order valence-electron chi connectivity index (χ4n) is 0.947. The van der Waals surface area contributed by atoms with Crippen LogP contribution in [0.15, 0.2) is 17.2 Å². The number of nitrogens with one attached hydrogen (secondary N) is 1. The molecule has 0 atom stereocenters. The number of halogens is 2. The van der Waals surface area contributed by atoms with Crippen LogP contribution in [0, 0.1) is 7.27 Å². The molecule has 0 radical (unpaired) electrons. The molecule has 0 saturated heterocycles. The van der Waals surface area contributed by atoms with Crippen LogP contribution in [0.25, 0.3) is 5.65 Å². The number of rotatable bonds is 0. The number of H-pyrrole nitrogens is 1. The van der Waals surface area contributed by atoms with E-state index in [-0.39, 0.29) is 5.69 Å². The Hall–Kier alpha value is -0.120. The zero-order chi connectivity index (χ0) is 8.72. The van der Waals surface area contributed by atoms with Gasteiger partial charge in [-0.05, 0) is 45.2 Å². The molecule has 0 bridgehead atoms. The minimum Gasteiger partial charge on any atom is -0.313 e. The van der Waals surface area contributed by atoms with E-state index in [0.717, 1.165) is 7.27 Å². The molecular formula is C6H3I2N3O. The Labute approximate surface area is 94.7 Å². The second-order valence-electron chi connectivity index (χ2n) is 2.18. The Morgan fingerprint density at radius 2 is 2.25 bits per heavy atom. The van der Waals surface area contributed by atoms with Gasteiger partial charge in [0.1, 0.15) is 3.70 Å². The predicted octanol–water partition coefficient (Wildman–Crippen LogP) is 1.23. The summed E-state index contributed by atoms with van der Waals surface area (Å²) in [5.41, 5.74) is 0.566. The first-order valence-corrected chi connectivity index (χ1v) is 5.26. The van der Waals surface area contributed by atoms with Gasteiger partial charge in [0.15, 0.2) is 5.65 Å². The van der Waals surface area contributed by atoms with Crippen LogP contribution in [0.4, 0.5) is 0 Å². The van der Waals surface area contributed by atoms with E-state index in [9.17, 15) is 4.79 Å². The van der Waals surface area contributed by atoms with Crippen molar-refractivity contribution in [2.24, 2.45) is 0 Å². The topological polar surface area (TPSA) is 50.2 Å². The molecule has 2 aromatic heterocycles. The Bertz CT molecular complexity index is 487. The molecule has 0 fully saturated rings. The van der Waals surface area contributed by atoms with Gasteiger partial charge < -0.3 is 4.98 Å². The molecule has 6 heteroatoms. The van der Waals surface area contributed by atoms with E-state index < -0.39 is 0 Å². The zero-order valence-corrected chi connectivity index (χ0v) is 10.0. The van der Waals surface area contributed by atoms with E-state index in [1.165, 1.54) is 0 Å². The van der Waals surface area contributed by atoms with Crippen LogP contribution in [-0.2, 0) is 0 Å². The molecule has 12 heavy (non-hydrogen) atoms. The number of hydrogen-bond acceptors (Lipinski definition) is 2. The molecule has 62 valence electrons. The van der Waals surface area contributed by atoms with Gasteiger partial charge in [0, 0.05) is 6.20 Å². The lowest BCUT2D eigenvalue weighted by molar-refractivity contribution is 0.976. The zero-order valence-electron chi connectivity index (χ0n) is 5.71. The summed E-state index contributed by atoms with van der Waals surface area (Å²) in [5.74, 6) is 0. The fraction of sp³-hybridized carbons (Fsp3) is 0. The van der Waals surface area contributed by atoms with Crippen molar-refractivity contribution in [3.05, 3.63) is 30.1 Å². The van der Waals surface area contributed by atoms with E-state index in [1.807, 2.05) is 0 Å². The highest BCUT2D eigenvalue weighted by Crippen LogP contribution is 2.11. The summed E-state index contributed by atoms with van der Waals surface area (Å²) < 4.78 is 3.31. The molecule has 2 aromatic rings. The Kier molecular flexibility index (Phi) is 2.10. The normalized spacial score (nSPS) is 10.8. The molecule has 0 aliphatic rings. The summed E-state index contributed by atoms with van der Waals surface area (Å²) in [6.45, 7) is 0. The van der Waals surface area contributed by atoms with Gasteiger partial charge in [-0.2, -0.15) is 0 Å². The molecule has 0 saturated carbocycles. The van der Waals surface area contributed by atoms with Crippen molar-refractivity contribution in [2.45, 2.75) is 0 Å². The van der Waals surface area contributed by atoms with E-state index in [0.29, 0.717) is 5.65 Å². The maximum absolute atomic E-state index is 11.3. The number of nitrogens with zero attached hydrogens (tertiary/aromatic N) is 2. The SMILES string of the molecule is O=c1[nH]cc(I)c2ncc(I)n12. The monoisotopic (exact) mass is 387 g/mol. The molecule has 2 heterocycles. The third kappa shape index (κ3) is 1.16. The van der Waals surface area contributed by atoms with Crippen LogP contribution in [-0.4, -0.2) is 14.4 Å². The Morgan fingerprint density at radius 1 is 1.50 bits per heavy atom. The minimum atomic E-state index is -0.146. The number of aromatic nitrogens is 3. The van der Waals surface area contributed by atoms with Crippen molar-refractivity contribution < 1.29 is 0 Å². The van der Waals surface area contributed by atoms with Gasteiger partial charge in [-0.25, -0.2) is 14.2 Å². The van der Waals surface area contributed by atoms with Crippen LogP contribution in [0.1, 0.15) is 0 Å². The van der Waals surface area contributed by atoms with E-state index in [1.54, 1.807) is 16.8 Å². The van der Waals surface area contributed by atoms with Crippen molar-refractivity contribution in [1.29, 1.82) is 0 Å². The molecule has 0 unspecified atom stereocenters. The van der Waals surface area contributed by atoms with Crippen molar-refractivity contribution in [3.8, 4) is 0 Å². The number of imidazole rings is 1. The van der Waals surface area contributed by atoms with E-state index >= 15 is 0 Å². The highest BCUT2D eigenvalue weighted by molar-refractivity contribution is 14.1. The first-order valence-electron chi connectivity index (χ1n) is 3.10. The van der Waals surface area contributed by atoms with Crippen molar-refractivity contribution in [3.63, 3.8) is 0 Å². The lowest BCUT2D eigenvalue weighted by Crippen LogP contribution is -2.17. The minimum absolute atomic E-state index is 0.146. The van der Waals surface area contributed by atoms with Crippen LogP contribution in [0.2, 0.25) is 0 Å². The summed E-state index contributed by atoms with van der Waals surface area (Å²) in [7, 11) is 0. The summed E-state index contributed by atoms with van der Waals surface area (Å²) in [5, 5.41) is 0. The molecule has 0 amide bonds. The summed E-state index contributed by atoms with van der Waals surface area (Å²) in [6, 6.07) is 0.